The van der Waals surface area contributed by atoms with Crippen molar-refractivity contribution in [3.8, 4) is 0 Å². The molecule has 0 aliphatic rings. The minimum atomic E-state index is -1.91. The van der Waals surface area contributed by atoms with Gasteiger partial charge in [0.25, 0.3) is 0 Å². The summed E-state index contributed by atoms with van der Waals surface area (Å²) in [4.78, 5) is 32.9. The molecule has 0 aromatic carbocycles. The maximum Gasteiger partial charge on any atom is 0.333 e. The molecule has 15 heavy (non-hydrogen) atoms. The zero-order valence-corrected chi connectivity index (χ0v) is 8.52. The number of methoxy groups -OCH3 is 1. The van der Waals surface area contributed by atoms with E-state index in [1.54, 1.807) is 0 Å². The number of hydrogen-bond donors (Lipinski definition) is 3. The minimum Gasteiger partial charge on any atom is -0.481 e. The van der Waals surface area contributed by atoms with E-state index in [1.807, 2.05) is 0 Å². The van der Waals surface area contributed by atoms with Crippen LogP contribution in [0.4, 0.5) is 0 Å². The van der Waals surface area contributed by atoms with Gasteiger partial charge in [0.2, 0.25) is 0 Å². The summed E-state index contributed by atoms with van der Waals surface area (Å²) in [5, 5.41) is 8.41. The number of aliphatic carboxylic acids is 1. The summed E-state index contributed by atoms with van der Waals surface area (Å²) in [6, 6.07) is -1.32. The number of ketones is 1. The third-order valence-corrected chi connectivity index (χ3v) is 1.85. The Morgan fingerprint density at radius 2 is 1.93 bits per heavy atom. The van der Waals surface area contributed by atoms with E-state index in [0.717, 1.165) is 14.0 Å². The Hall–Kier alpha value is -1.47. The number of esters is 1. The van der Waals surface area contributed by atoms with E-state index in [-0.39, 0.29) is 0 Å². The summed E-state index contributed by atoms with van der Waals surface area (Å²) in [5.74, 6) is -3.05. The molecule has 86 valence electrons. The second-order valence-corrected chi connectivity index (χ2v) is 3.26. The Labute approximate surface area is 86.4 Å². The second-order valence-electron chi connectivity index (χ2n) is 3.26. The normalized spacial score (nSPS) is 16.3. The molecule has 0 aliphatic heterocycles. The van der Waals surface area contributed by atoms with Gasteiger partial charge in [0.15, 0.2) is 11.3 Å². The van der Waals surface area contributed by atoms with Gasteiger partial charge in [-0.1, -0.05) is 0 Å². The fourth-order valence-electron chi connectivity index (χ4n) is 0.979. The smallest absolute Gasteiger partial charge is 0.333 e. The van der Waals surface area contributed by atoms with E-state index >= 15 is 0 Å². The summed E-state index contributed by atoms with van der Waals surface area (Å²) in [6.45, 7) is 1.13. The molecule has 0 rings (SSSR count). The second kappa shape index (κ2) is 4.85. The largest absolute Gasteiger partial charge is 0.481 e. The maximum absolute atomic E-state index is 11.5. The highest BCUT2D eigenvalue weighted by atomic mass is 16.5. The standard InChI is InChI=1S/C8H14N2O5/c1-8(10,7(14)15-2)6(13)4(9)3-5(11)12/h4H,3,9-10H2,1-2H3,(H,11,12)/t4-,8+/m1/s1. The Morgan fingerprint density at radius 1 is 1.47 bits per heavy atom. The van der Waals surface area contributed by atoms with Crippen molar-refractivity contribution in [2.24, 2.45) is 11.5 Å². The van der Waals surface area contributed by atoms with Gasteiger partial charge in [-0.25, -0.2) is 4.79 Å². The number of carboxylic acid groups (broad SMARTS) is 1. The van der Waals surface area contributed by atoms with Crippen LogP contribution in [-0.2, 0) is 19.1 Å². The predicted octanol–water partition coefficient (Wildman–Crippen LogP) is -1.75. The molecule has 0 unspecified atom stereocenters. The van der Waals surface area contributed by atoms with E-state index < -0.39 is 35.7 Å². The lowest BCUT2D eigenvalue weighted by molar-refractivity contribution is -0.152. The summed E-state index contributed by atoms with van der Waals surface area (Å²) in [6.07, 6.45) is -0.581. The van der Waals surface area contributed by atoms with Gasteiger partial charge in [0, 0.05) is 0 Å². The molecule has 0 spiro atoms. The summed E-state index contributed by atoms with van der Waals surface area (Å²) >= 11 is 0. The third-order valence-electron chi connectivity index (χ3n) is 1.85. The Bertz CT molecular complexity index is 287. The summed E-state index contributed by atoms with van der Waals surface area (Å²) in [5.41, 5.74) is 8.76. The van der Waals surface area contributed by atoms with Gasteiger partial charge in [-0.15, -0.1) is 0 Å². The van der Waals surface area contributed by atoms with Crippen LogP contribution in [0.1, 0.15) is 13.3 Å². The van der Waals surface area contributed by atoms with Crippen LogP contribution >= 0.6 is 0 Å². The van der Waals surface area contributed by atoms with Gasteiger partial charge in [-0.3, -0.25) is 9.59 Å². The van der Waals surface area contributed by atoms with Crippen molar-refractivity contribution in [2.75, 3.05) is 7.11 Å². The summed E-state index contributed by atoms with van der Waals surface area (Å²) < 4.78 is 4.30. The van der Waals surface area contributed by atoms with Crippen molar-refractivity contribution in [3.05, 3.63) is 0 Å². The van der Waals surface area contributed by atoms with Gasteiger partial charge in [0.1, 0.15) is 0 Å². The topological polar surface area (TPSA) is 133 Å². The molecular weight excluding hydrogens is 204 g/mol. The molecule has 0 amide bonds. The SMILES string of the molecule is COC(=O)[C@@](C)(N)C(=O)[C@H](N)CC(=O)O. The molecule has 0 aromatic rings. The fourth-order valence-corrected chi connectivity index (χ4v) is 0.979. The first-order valence-corrected chi connectivity index (χ1v) is 4.12. The molecule has 2 atom stereocenters. The Balaban J connectivity index is 4.69. The van der Waals surface area contributed by atoms with E-state index in [4.69, 9.17) is 16.6 Å². The molecule has 0 saturated carbocycles. The number of carbonyl (C=O) groups excluding carboxylic acids is 2. The first-order valence-electron chi connectivity index (χ1n) is 4.12. The molecule has 7 heteroatoms. The maximum atomic E-state index is 11.5. The monoisotopic (exact) mass is 218 g/mol. The van der Waals surface area contributed by atoms with Crippen LogP contribution in [0.15, 0.2) is 0 Å². The van der Waals surface area contributed by atoms with Crippen LogP contribution in [-0.4, -0.2) is 41.5 Å². The van der Waals surface area contributed by atoms with Crippen molar-refractivity contribution < 1.29 is 24.2 Å². The van der Waals surface area contributed by atoms with Crippen LogP contribution in [0, 0.1) is 0 Å². The van der Waals surface area contributed by atoms with Crippen LogP contribution in [0.25, 0.3) is 0 Å². The summed E-state index contributed by atoms with van der Waals surface area (Å²) in [7, 11) is 1.07. The number of carboxylic acids is 1. The zero-order valence-electron chi connectivity index (χ0n) is 8.52. The van der Waals surface area contributed by atoms with Crippen molar-refractivity contribution >= 4 is 17.7 Å². The van der Waals surface area contributed by atoms with E-state index in [1.165, 1.54) is 0 Å². The highest BCUT2D eigenvalue weighted by Crippen LogP contribution is 2.08. The average molecular weight is 218 g/mol. The average Bonchev–Trinajstić information content (AvgIpc) is 2.13. The molecule has 0 heterocycles. The Morgan fingerprint density at radius 3 is 2.27 bits per heavy atom. The van der Waals surface area contributed by atoms with E-state index in [0.29, 0.717) is 0 Å². The molecule has 0 saturated heterocycles. The van der Waals surface area contributed by atoms with Crippen molar-refractivity contribution in [1.29, 1.82) is 0 Å². The lowest BCUT2D eigenvalue weighted by Crippen LogP contribution is -2.58. The van der Waals surface area contributed by atoms with Crippen molar-refractivity contribution in [2.45, 2.75) is 24.9 Å². The molecule has 0 aliphatic carbocycles. The Kier molecular flexibility index (Phi) is 4.38. The lowest BCUT2D eigenvalue weighted by atomic mass is 9.91. The highest BCUT2D eigenvalue weighted by Gasteiger charge is 2.41. The first kappa shape index (κ1) is 13.5. The number of rotatable bonds is 5. The molecule has 0 aromatic heterocycles. The van der Waals surface area contributed by atoms with E-state index in [2.05, 4.69) is 4.74 Å². The van der Waals surface area contributed by atoms with Gasteiger partial charge in [-0.2, -0.15) is 0 Å². The molecule has 7 nitrogen and oxygen atoms in total. The van der Waals surface area contributed by atoms with Crippen molar-refractivity contribution in [3.63, 3.8) is 0 Å². The number of nitrogens with two attached hydrogens (primary N) is 2. The highest BCUT2D eigenvalue weighted by molar-refractivity contribution is 6.10. The van der Waals surface area contributed by atoms with Crippen LogP contribution < -0.4 is 11.5 Å². The number of ether oxygens (including phenoxy) is 1. The predicted molar refractivity (Wildman–Crippen MR) is 49.8 cm³/mol. The van der Waals surface area contributed by atoms with Crippen LogP contribution in [0.3, 0.4) is 0 Å². The van der Waals surface area contributed by atoms with Gasteiger partial charge >= 0.3 is 11.9 Å². The fraction of sp³-hybridized carbons (Fsp3) is 0.625. The molecule has 0 bridgehead atoms. The van der Waals surface area contributed by atoms with Gasteiger partial charge in [-0.05, 0) is 6.92 Å². The number of carbonyl (C=O) groups is 3. The third kappa shape index (κ3) is 3.30. The first-order chi connectivity index (χ1) is 6.73. The zero-order chi connectivity index (χ0) is 12.2. The lowest BCUT2D eigenvalue weighted by Gasteiger charge is -2.22. The molecular formula is C8H14N2O5. The number of Topliss-reactive ketones (excluding diaryl/α,β-unsaturated/α-hetero) is 1. The minimum absolute atomic E-state index is 0.581. The van der Waals surface area contributed by atoms with Gasteiger partial charge < -0.3 is 21.3 Å². The van der Waals surface area contributed by atoms with E-state index in [9.17, 15) is 14.4 Å². The van der Waals surface area contributed by atoms with Crippen LogP contribution in [0.5, 0.6) is 0 Å². The molecule has 5 N–H and O–H groups in total. The van der Waals surface area contributed by atoms with Crippen LogP contribution in [0.2, 0.25) is 0 Å². The van der Waals surface area contributed by atoms with Gasteiger partial charge in [0.05, 0.1) is 19.6 Å². The van der Waals surface area contributed by atoms with Crippen molar-refractivity contribution in [1.82, 2.24) is 0 Å². The quantitative estimate of drug-likeness (QED) is 0.368. The molecule has 0 radical (unpaired) electrons. The number of hydrogen-bond acceptors (Lipinski definition) is 6. The molecule has 0 fully saturated rings.